The summed E-state index contributed by atoms with van der Waals surface area (Å²) >= 11 is 1.70. The number of aliphatic hydroxyl groups is 1. The molecule has 0 spiro atoms. The maximum Gasteiger partial charge on any atom is 0.305 e. The van der Waals surface area contributed by atoms with E-state index in [1.807, 2.05) is 6.26 Å². The van der Waals surface area contributed by atoms with E-state index in [1.165, 1.54) is 0 Å². The molecule has 2 N–H and O–H groups in total. The maximum absolute atomic E-state index is 10.1. The second-order valence-corrected chi connectivity index (χ2v) is 3.37. The third kappa shape index (κ3) is 7.68. The van der Waals surface area contributed by atoms with Crippen molar-refractivity contribution in [3.05, 3.63) is 0 Å². The van der Waals surface area contributed by atoms with E-state index >= 15 is 0 Å². The van der Waals surface area contributed by atoms with Crippen LogP contribution in [0.3, 0.4) is 0 Å². The first kappa shape index (κ1) is 10.8. The molecule has 0 aromatic rings. The van der Waals surface area contributed by atoms with Gasteiger partial charge in [0, 0.05) is 0 Å². The van der Waals surface area contributed by atoms with Crippen LogP contribution in [0.25, 0.3) is 0 Å². The molecule has 0 heterocycles. The summed E-state index contributed by atoms with van der Waals surface area (Å²) in [5.41, 5.74) is 0. The summed E-state index contributed by atoms with van der Waals surface area (Å²) in [4.78, 5) is 10.1. The first-order valence-electron chi connectivity index (χ1n) is 3.55. The minimum Gasteiger partial charge on any atom is -0.481 e. The average Bonchev–Trinajstić information content (AvgIpc) is 1.86. The zero-order valence-electron chi connectivity index (χ0n) is 6.62. The molecule has 0 rings (SSSR count). The highest BCUT2D eigenvalue weighted by Gasteiger charge is 2.07. The quantitative estimate of drug-likeness (QED) is 0.595. The Kier molecular flexibility index (Phi) is 6.36. The van der Waals surface area contributed by atoms with Crippen LogP contribution in [0.1, 0.15) is 19.3 Å². The minimum absolute atomic E-state index is 0.131. The van der Waals surface area contributed by atoms with Crippen molar-refractivity contribution in [3.63, 3.8) is 0 Å². The topological polar surface area (TPSA) is 57.5 Å². The average molecular weight is 178 g/mol. The van der Waals surface area contributed by atoms with Gasteiger partial charge in [0.1, 0.15) is 0 Å². The fourth-order valence-electron chi connectivity index (χ4n) is 0.767. The molecule has 0 fully saturated rings. The van der Waals surface area contributed by atoms with Crippen molar-refractivity contribution in [1.82, 2.24) is 0 Å². The van der Waals surface area contributed by atoms with Crippen LogP contribution in [-0.2, 0) is 4.79 Å². The van der Waals surface area contributed by atoms with Crippen LogP contribution in [0.5, 0.6) is 0 Å². The summed E-state index contributed by atoms with van der Waals surface area (Å²) in [7, 11) is 0. The molecular formula is C7H14O3S. The Balaban J connectivity index is 3.22. The fourth-order valence-corrected chi connectivity index (χ4v) is 1.22. The first-order chi connectivity index (χ1) is 5.16. The van der Waals surface area contributed by atoms with E-state index in [1.54, 1.807) is 11.8 Å². The SMILES string of the molecule is CSCCCC(O)CC(=O)O. The number of carboxylic acids is 1. The number of carboxylic acid groups (broad SMARTS) is 1. The van der Waals surface area contributed by atoms with Crippen molar-refractivity contribution in [1.29, 1.82) is 0 Å². The lowest BCUT2D eigenvalue weighted by Crippen LogP contribution is -2.12. The first-order valence-corrected chi connectivity index (χ1v) is 4.95. The summed E-state index contributed by atoms with van der Waals surface area (Å²) in [6.45, 7) is 0. The number of thioether (sulfide) groups is 1. The van der Waals surface area contributed by atoms with Crippen LogP contribution in [-0.4, -0.2) is 34.3 Å². The van der Waals surface area contributed by atoms with Gasteiger partial charge in [0.05, 0.1) is 12.5 Å². The van der Waals surface area contributed by atoms with Crippen LogP contribution in [0.15, 0.2) is 0 Å². The van der Waals surface area contributed by atoms with Gasteiger partial charge in [0.2, 0.25) is 0 Å². The Labute approximate surface area is 70.8 Å². The van der Waals surface area contributed by atoms with Gasteiger partial charge in [0.25, 0.3) is 0 Å². The molecule has 0 radical (unpaired) electrons. The van der Waals surface area contributed by atoms with Crippen LogP contribution in [0.4, 0.5) is 0 Å². The molecule has 0 aliphatic rings. The number of aliphatic hydroxyl groups excluding tert-OH is 1. The molecule has 3 nitrogen and oxygen atoms in total. The highest BCUT2D eigenvalue weighted by atomic mass is 32.2. The molecule has 66 valence electrons. The maximum atomic E-state index is 10.1. The van der Waals surface area contributed by atoms with Gasteiger partial charge < -0.3 is 10.2 Å². The van der Waals surface area contributed by atoms with Gasteiger partial charge in [-0.2, -0.15) is 11.8 Å². The molecule has 11 heavy (non-hydrogen) atoms. The molecule has 0 aliphatic heterocycles. The highest BCUT2D eigenvalue weighted by molar-refractivity contribution is 7.98. The third-order valence-corrected chi connectivity index (χ3v) is 1.99. The van der Waals surface area contributed by atoms with E-state index in [0.29, 0.717) is 6.42 Å². The van der Waals surface area contributed by atoms with E-state index in [0.717, 1.165) is 12.2 Å². The molecule has 0 amide bonds. The standard InChI is InChI=1S/C7H14O3S/c1-11-4-2-3-6(8)5-7(9)10/h6,8H,2-5H2,1H3,(H,9,10). The number of rotatable bonds is 6. The zero-order chi connectivity index (χ0) is 8.69. The Morgan fingerprint density at radius 1 is 1.64 bits per heavy atom. The molecule has 1 unspecified atom stereocenters. The molecule has 0 bridgehead atoms. The van der Waals surface area contributed by atoms with Crippen molar-refractivity contribution in [2.75, 3.05) is 12.0 Å². The van der Waals surface area contributed by atoms with Gasteiger partial charge in [-0.25, -0.2) is 0 Å². The van der Waals surface area contributed by atoms with E-state index in [4.69, 9.17) is 10.2 Å². The molecule has 0 aliphatic carbocycles. The zero-order valence-corrected chi connectivity index (χ0v) is 7.43. The fraction of sp³-hybridized carbons (Fsp3) is 0.857. The van der Waals surface area contributed by atoms with Gasteiger partial charge >= 0.3 is 5.97 Å². The Hall–Kier alpha value is -0.220. The minimum atomic E-state index is -0.929. The lowest BCUT2D eigenvalue weighted by molar-refractivity contribution is -0.139. The van der Waals surface area contributed by atoms with Gasteiger partial charge in [-0.05, 0) is 24.9 Å². The lowest BCUT2D eigenvalue weighted by atomic mass is 10.1. The van der Waals surface area contributed by atoms with E-state index in [-0.39, 0.29) is 6.42 Å². The molecule has 0 saturated carbocycles. The predicted molar refractivity (Wildman–Crippen MR) is 45.9 cm³/mol. The monoisotopic (exact) mass is 178 g/mol. The highest BCUT2D eigenvalue weighted by Crippen LogP contribution is 2.05. The third-order valence-electron chi connectivity index (χ3n) is 1.30. The van der Waals surface area contributed by atoms with Gasteiger partial charge in [-0.3, -0.25) is 4.79 Å². The van der Waals surface area contributed by atoms with Crippen molar-refractivity contribution in [3.8, 4) is 0 Å². The van der Waals surface area contributed by atoms with Crippen LogP contribution in [0, 0.1) is 0 Å². The van der Waals surface area contributed by atoms with Crippen molar-refractivity contribution < 1.29 is 15.0 Å². The van der Waals surface area contributed by atoms with Crippen LogP contribution < -0.4 is 0 Å². The molecule has 4 heteroatoms. The second kappa shape index (κ2) is 6.49. The lowest BCUT2D eigenvalue weighted by Gasteiger charge is -2.05. The number of carbonyl (C=O) groups is 1. The molecule has 0 aromatic carbocycles. The Morgan fingerprint density at radius 2 is 2.27 bits per heavy atom. The largest absolute Gasteiger partial charge is 0.481 e. The summed E-state index contributed by atoms with van der Waals surface area (Å²) in [6.07, 6.45) is 2.67. The van der Waals surface area contributed by atoms with E-state index < -0.39 is 12.1 Å². The summed E-state index contributed by atoms with van der Waals surface area (Å²) in [5.74, 6) is 0.0538. The molecule has 1 atom stereocenters. The summed E-state index contributed by atoms with van der Waals surface area (Å²) in [6, 6.07) is 0. The normalized spacial score (nSPS) is 12.9. The smallest absolute Gasteiger partial charge is 0.305 e. The number of hydrogen-bond acceptors (Lipinski definition) is 3. The predicted octanol–water partition coefficient (Wildman–Crippen LogP) is 0.965. The van der Waals surface area contributed by atoms with Crippen molar-refractivity contribution in [2.24, 2.45) is 0 Å². The Morgan fingerprint density at radius 3 is 2.73 bits per heavy atom. The number of hydrogen-bond donors (Lipinski definition) is 2. The molecular weight excluding hydrogens is 164 g/mol. The number of aliphatic carboxylic acids is 1. The van der Waals surface area contributed by atoms with Crippen molar-refractivity contribution in [2.45, 2.75) is 25.4 Å². The van der Waals surface area contributed by atoms with E-state index in [2.05, 4.69) is 0 Å². The van der Waals surface area contributed by atoms with Crippen LogP contribution in [0.2, 0.25) is 0 Å². The Bertz CT molecular complexity index is 116. The molecule has 0 aromatic heterocycles. The van der Waals surface area contributed by atoms with Crippen LogP contribution >= 0.6 is 11.8 Å². The summed E-state index contributed by atoms with van der Waals surface area (Å²) < 4.78 is 0. The van der Waals surface area contributed by atoms with Gasteiger partial charge in [-0.15, -0.1) is 0 Å². The van der Waals surface area contributed by atoms with Gasteiger partial charge in [-0.1, -0.05) is 0 Å². The van der Waals surface area contributed by atoms with E-state index in [9.17, 15) is 4.79 Å². The second-order valence-electron chi connectivity index (χ2n) is 2.39. The summed E-state index contributed by atoms with van der Waals surface area (Å²) in [5, 5.41) is 17.3. The molecule has 0 saturated heterocycles. The van der Waals surface area contributed by atoms with Crippen molar-refractivity contribution >= 4 is 17.7 Å². The van der Waals surface area contributed by atoms with Gasteiger partial charge in [0.15, 0.2) is 0 Å².